The Labute approximate surface area is 376 Å². The summed E-state index contributed by atoms with van der Waals surface area (Å²) in [7, 11) is 5.97. The van der Waals surface area contributed by atoms with Gasteiger partial charge in [0.1, 0.15) is 13.1 Å². The van der Waals surface area contributed by atoms with Crippen LogP contribution in [-0.2, 0) is 22.7 Å². The molecule has 0 unspecified atom stereocenters. The lowest BCUT2D eigenvalue weighted by Crippen LogP contribution is -2.34. The molecule has 320 valence electrons. The summed E-state index contributed by atoms with van der Waals surface area (Å²) >= 11 is 3.65. The third-order valence-electron chi connectivity index (χ3n) is 11.5. The first-order chi connectivity index (χ1) is 30.3. The molecule has 0 fully saturated rings. The summed E-state index contributed by atoms with van der Waals surface area (Å²) in [4.78, 5) is 30.3. The molecule has 10 heteroatoms. The molecule has 8 rings (SSSR count). The van der Waals surface area contributed by atoms with Gasteiger partial charge in [-0.3, -0.25) is 9.59 Å². The lowest BCUT2D eigenvalue weighted by atomic mass is 10.1. The quantitative estimate of drug-likeness (QED) is 0.0746. The third-order valence-corrected chi connectivity index (χ3v) is 13.8. The van der Waals surface area contributed by atoms with Gasteiger partial charge in [-0.05, 0) is 91.8 Å². The Bertz CT molecular complexity index is 2570. The number of thioether (sulfide) groups is 2. The molecule has 4 aromatic carbocycles. The first kappa shape index (κ1) is 44.5. The highest BCUT2D eigenvalue weighted by Gasteiger charge is 2.24. The van der Waals surface area contributed by atoms with E-state index in [1.165, 1.54) is 64.2 Å². The molecule has 2 aliphatic heterocycles. The minimum Gasteiger partial charge on any atom is -0.359 e. The van der Waals surface area contributed by atoms with E-state index in [0.717, 1.165) is 64.6 Å². The van der Waals surface area contributed by atoms with Crippen LogP contribution in [0.1, 0.15) is 75.8 Å². The Hall–Kier alpha value is -5.58. The van der Waals surface area contributed by atoms with Gasteiger partial charge < -0.3 is 20.4 Å². The smallest absolute Gasteiger partial charge is 0.219 e. The van der Waals surface area contributed by atoms with Crippen LogP contribution in [0, 0.1) is 0 Å². The lowest BCUT2D eigenvalue weighted by Gasteiger charge is -2.13. The minimum absolute atomic E-state index is 0.127. The van der Waals surface area contributed by atoms with Crippen molar-refractivity contribution >= 4 is 80.7 Å². The largest absolute Gasteiger partial charge is 0.359 e. The third kappa shape index (κ3) is 11.1. The number of para-hydroxylation sites is 4. The first-order valence-corrected chi connectivity index (χ1v) is 23.7. The zero-order chi connectivity index (χ0) is 43.3. The molecule has 0 aliphatic carbocycles. The van der Waals surface area contributed by atoms with Gasteiger partial charge in [-0.15, -0.1) is 0 Å². The van der Waals surface area contributed by atoms with Crippen molar-refractivity contribution in [1.29, 1.82) is 0 Å². The summed E-state index contributed by atoms with van der Waals surface area (Å²) in [5, 5.41) is 10.7. The summed E-state index contributed by atoms with van der Waals surface area (Å²) in [6.07, 6.45) is 17.4. The van der Waals surface area contributed by atoms with Gasteiger partial charge in [0.25, 0.3) is 0 Å². The van der Waals surface area contributed by atoms with Gasteiger partial charge in [-0.25, -0.2) is 0 Å². The van der Waals surface area contributed by atoms with Gasteiger partial charge in [-0.1, -0.05) is 79.0 Å². The highest BCUT2D eigenvalue weighted by atomic mass is 32.2. The van der Waals surface area contributed by atoms with Crippen molar-refractivity contribution in [2.24, 2.45) is 0 Å². The molecule has 6 aromatic rings. The fraction of sp³-hybridized carbons (Fsp3) is 0.308. The van der Waals surface area contributed by atoms with E-state index in [4.69, 9.17) is 0 Å². The normalized spacial score (nSPS) is 14.3. The molecule has 2 amide bonds. The number of pyridine rings is 2. The van der Waals surface area contributed by atoms with Gasteiger partial charge in [0, 0.05) is 87.4 Å². The van der Waals surface area contributed by atoms with Crippen LogP contribution in [0.2, 0.25) is 0 Å². The summed E-state index contributed by atoms with van der Waals surface area (Å²) in [6, 6.07) is 38.8. The van der Waals surface area contributed by atoms with E-state index in [0.29, 0.717) is 12.8 Å². The maximum absolute atomic E-state index is 11.8. The number of carbonyl (C=O) groups excluding carboxylic acids is 2. The highest BCUT2D eigenvalue weighted by Crippen LogP contribution is 2.46. The number of nitrogens with one attached hydrogen (secondary N) is 2. The molecule has 8 nitrogen and oxygen atoms in total. The minimum atomic E-state index is 0.127. The molecule has 0 saturated carbocycles. The van der Waals surface area contributed by atoms with E-state index in [1.54, 1.807) is 7.05 Å². The number of anilines is 2. The van der Waals surface area contributed by atoms with Crippen LogP contribution in [0.3, 0.4) is 0 Å². The van der Waals surface area contributed by atoms with Crippen LogP contribution in [0.5, 0.6) is 0 Å². The van der Waals surface area contributed by atoms with Crippen molar-refractivity contribution in [2.45, 2.75) is 87.6 Å². The van der Waals surface area contributed by atoms with Gasteiger partial charge in [-0.2, -0.15) is 9.13 Å². The Kier molecular flexibility index (Phi) is 15.8. The van der Waals surface area contributed by atoms with E-state index < -0.39 is 0 Å². The molecule has 2 N–H and O–H groups in total. The second kappa shape index (κ2) is 22.0. The molecule has 4 heterocycles. The van der Waals surface area contributed by atoms with Gasteiger partial charge in [0.2, 0.25) is 22.8 Å². The summed E-state index contributed by atoms with van der Waals surface area (Å²) in [6.45, 7) is 4.79. The van der Waals surface area contributed by atoms with E-state index >= 15 is 0 Å². The number of rotatable bonds is 16. The fourth-order valence-corrected chi connectivity index (χ4v) is 10.2. The molecule has 0 spiro atoms. The van der Waals surface area contributed by atoms with Crippen molar-refractivity contribution in [2.75, 3.05) is 37.5 Å². The molecule has 62 heavy (non-hydrogen) atoms. The summed E-state index contributed by atoms with van der Waals surface area (Å²) < 4.78 is 4.67. The Balaban J connectivity index is 0.000000187. The topological polar surface area (TPSA) is 72.4 Å². The molecular formula is C52H60N6O2S2+2. The maximum atomic E-state index is 11.8. The van der Waals surface area contributed by atoms with E-state index in [1.807, 2.05) is 23.5 Å². The standard InChI is InChI=1S/C27H31N3OS.C25H27N3OS/c1-3-17-28-26(31)15-5-4-10-18-30-19-16-21(22-11-6-7-12-23(22)30)20-27-29(2)24-13-8-9-14-25(24)32-27;1-26-24(29)14-4-3-9-16-28-17-15-19(20-10-5-6-11-21(20)28)18-25-27(2)22-12-7-8-13-23(22)30-25/h6-9,11-14,16,19-20H,3-5,10,15,17-18H2,1-2H3;5-8,10-13,15,17-18H,3-4,9,14,16H2,1-2H3/p+2. The number of nitrogens with zero attached hydrogens (tertiary/aromatic N) is 4. The predicted molar refractivity (Wildman–Crippen MR) is 260 cm³/mol. The zero-order valence-corrected chi connectivity index (χ0v) is 38.2. The number of fused-ring (bicyclic) bond motifs is 4. The van der Waals surface area contributed by atoms with E-state index in [9.17, 15) is 9.59 Å². The second-order valence-electron chi connectivity index (χ2n) is 15.8. The van der Waals surface area contributed by atoms with Crippen molar-refractivity contribution in [3.63, 3.8) is 0 Å². The molecule has 2 aromatic heterocycles. The number of hydrogen-bond acceptors (Lipinski definition) is 6. The van der Waals surface area contributed by atoms with Gasteiger partial charge in [0.05, 0.1) is 32.2 Å². The van der Waals surface area contributed by atoms with Gasteiger partial charge >= 0.3 is 0 Å². The molecule has 0 atom stereocenters. The number of aryl methyl sites for hydroxylation is 2. The monoisotopic (exact) mass is 864 g/mol. The molecule has 0 radical (unpaired) electrons. The number of amides is 2. The Morgan fingerprint density at radius 3 is 1.50 bits per heavy atom. The zero-order valence-electron chi connectivity index (χ0n) is 36.6. The molecule has 0 bridgehead atoms. The SMILES string of the molecule is CCCNC(=O)CCCCC[n+]1ccc(C=C2Sc3ccccc3N2C)c2ccccc21.CNC(=O)CCCCC[n+]1ccc(C=C2Sc3ccccc3N2C)c2ccccc21. The van der Waals surface area contributed by atoms with Crippen molar-refractivity contribution in [3.05, 3.63) is 143 Å². The van der Waals surface area contributed by atoms with E-state index in [-0.39, 0.29) is 11.8 Å². The number of benzene rings is 4. The predicted octanol–water partition coefficient (Wildman–Crippen LogP) is 10.7. The Morgan fingerprint density at radius 1 is 0.581 bits per heavy atom. The van der Waals surface area contributed by atoms with Crippen LogP contribution < -0.4 is 29.6 Å². The summed E-state index contributed by atoms with van der Waals surface area (Å²) in [5.74, 6) is 0.307. The lowest BCUT2D eigenvalue weighted by molar-refractivity contribution is -0.672. The first-order valence-electron chi connectivity index (χ1n) is 22.1. The van der Waals surface area contributed by atoms with Crippen LogP contribution >= 0.6 is 23.5 Å². The van der Waals surface area contributed by atoms with E-state index in [2.05, 4.69) is 184 Å². The number of hydrogen-bond donors (Lipinski definition) is 2. The van der Waals surface area contributed by atoms with Crippen molar-refractivity contribution in [1.82, 2.24) is 10.6 Å². The maximum Gasteiger partial charge on any atom is 0.219 e. The van der Waals surface area contributed by atoms with Crippen molar-refractivity contribution < 1.29 is 18.7 Å². The van der Waals surface area contributed by atoms with Crippen LogP contribution in [0.25, 0.3) is 34.0 Å². The van der Waals surface area contributed by atoms with Crippen LogP contribution in [0.4, 0.5) is 11.4 Å². The van der Waals surface area contributed by atoms with Gasteiger partial charge in [0.15, 0.2) is 12.4 Å². The Morgan fingerprint density at radius 2 is 1.03 bits per heavy atom. The molecule has 2 aliphatic rings. The average Bonchev–Trinajstić information content (AvgIpc) is 3.80. The number of unbranched alkanes of at least 4 members (excludes halogenated alkanes) is 4. The average molecular weight is 865 g/mol. The van der Waals surface area contributed by atoms with Crippen molar-refractivity contribution in [3.8, 4) is 0 Å². The van der Waals surface area contributed by atoms with Crippen LogP contribution in [0.15, 0.2) is 141 Å². The summed E-state index contributed by atoms with van der Waals surface area (Å²) in [5.41, 5.74) is 7.52. The molecule has 0 saturated heterocycles. The highest BCUT2D eigenvalue weighted by molar-refractivity contribution is 8.04. The second-order valence-corrected chi connectivity index (χ2v) is 18.0. The number of aromatic nitrogens is 2. The number of carbonyl (C=O) groups is 2. The molecular weight excluding hydrogens is 805 g/mol. The fourth-order valence-electron chi connectivity index (χ4n) is 7.99. The van der Waals surface area contributed by atoms with Crippen LogP contribution in [-0.4, -0.2) is 39.5 Å².